The van der Waals surface area contributed by atoms with Gasteiger partial charge in [-0.3, -0.25) is 19.2 Å². The van der Waals surface area contributed by atoms with Crippen LogP contribution in [0.25, 0.3) is 33.2 Å². The van der Waals surface area contributed by atoms with E-state index in [4.69, 9.17) is 0 Å². The Morgan fingerprint density at radius 1 is 0.914 bits per heavy atom. The first kappa shape index (κ1) is 44.2. The first-order valence-corrected chi connectivity index (χ1v) is 20.1. The SMILES string of the molecule is CCC(NC(=O)C(C)NC)C(=O)N(C)C(Cc1c(-c2[nH]c3cc(F)ccc3c2CC2CC(O)CN2C(=O)C(CC)NC(=O)CNC)[nH]c2cc(F)ccc12)CC(C)O. The number of β-amino-alcohol motifs (C(OH)–C–C–N with tert-alkyl or cyclic N) is 1. The summed E-state index contributed by atoms with van der Waals surface area (Å²) in [5.41, 5.74) is 3.48. The molecule has 3 heterocycles. The predicted octanol–water partition coefficient (Wildman–Crippen LogP) is 2.86. The lowest BCUT2D eigenvalue weighted by atomic mass is 9.93. The van der Waals surface area contributed by atoms with Gasteiger partial charge in [0, 0.05) is 47.5 Å². The van der Waals surface area contributed by atoms with E-state index < -0.39 is 54.1 Å². The maximum atomic E-state index is 14.8. The van der Waals surface area contributed by atoms with Crippen molar-refractivity contribution in [3.63, 3.8) is 0 Å². The summed E-state index contributed by atoms with van der Waals surface area (Å²) in [6.07, 6.45) is -0.0813. The number of likely N-dealkylation sites (tertiary alicyclic amines) is 1. The Balaban J connectivity index is 1.60. The summed E-state index contributed by atoms with van der Waals surface area (Å²) in [5, 5.41) is 34.3. The molecule has 4 amide bonds. The minimum Gasteiger partial charge on any atom is -0.393 e. The fourth-order valence-corrected chi connectivity index (χ4v) is 8.04. The summed E-state index contributed by atoms with van der Waals surface area (Å²) >= 11 is 0. The molecular weight excluding hydrogens is 751 g/mol. The van der Waals surface area contributed by atoms with E-state index in [0.29, 0.717) is 51.6 Å². The summed E-state index contributed by atoms with van der Waals surface area (Å²) in [7, 11) is 4.93. The molecule has 1 fully saturated rings. The Morgan fingerprint density at radius 3 is 2.05 bits per heavy atom. The average Bonchev–Trinajstić information content (AvgIpc) is 3.85. The normalized spacial score (nSPS) is 18.2. The molecule has 14 nitrogen and oxygen atoms in total. The van der Waals surface area contributed by atoms with E-state index in [0.717, 1.165) is 5.56 Å². The van der Waals surface area contributed by atoms with Crippen molar-refractivity contribution >= 4 is 45.4 Å². The lowest BCUT2D eigenvalue weighted by molar-refractivity contribution is -0.138. The Bertz CT molecular complexity index is 2100. The molecule has 316 valence electrons. The van der Waals surface area contributed by atoms with E-state index in [2.05, 4.69) is 31.2 Å². The van der Waals surface area contributed by atoms with Crippen molar-refractivity contribution in [1.29, 1.82) is 0 Å². The van der Waals surface area contributed by atoms with Gasteiger partial charge >= 0.3 is 0 Å². The first-order chi connectivity index (χ1) is 27.6. The number of amides is 4. The van der Waals surface area contributed by atoms with Crippen LogP contribution >= 0.6 is 0 Å². The molecule has 7 atom stereocenters. The van der Waals surface area contributed by atoms with Crippen LogP contribution in [0.15, 0.2) is 36.4 Å². The topological polar surface area (TPSA) is 195 Å². The number of hydrogen-bond acceptors (Lipinski definition) is 8. The van der Waals surface area contributed by atoms with E-state index in [9.17, 15) is 38.2 Å². The Labute approximate surface area is 337 Å². The molecule has 0 radical (unpaired) electrons. The number of carbonyl (C=O) groups is 4. The molecule has 1 aliphatic heterocycles. The third-order valence-electron chi connectivity index (χ3n) is 11.3. The number of carbonyl (C=O) groups excluding carboxylic acids is 4. The van der Waals surface area contributed by atoms with Gasteiger partial charge in [-0.05, 0) is 114 Å². The number of H-pyrrole nitrogens is 2. The number of rotatable bonds is 18. The van der Waals surface area contributed by atoms with Crippen molar-refractivity contribution in [2.75, 3.05) is 34.2 Å². The van der Waals surface area contributed by atoms with Gasteiger partial charge in [0.2, 0.25) is 23.6 Å². The number of hydrogen-bond donors (Lipinski definition) is 8. The molecule has 1 saturated heterocycles. The van der Waals surface area contributed by atoms with Gasteiger partial charge in [-0.2, -0.15) is 0 Å². The quantitative estimate of drug-likeness (QED) is 0.0752. The number of aliphatic hydroxyl groups excluding tert-OH is 2. The van der Waals surface area contributed by atoms with Crippen molar-refractivity contribution < 1.29 is 38.2 Å². The van der Waals surface area contributed by atoms with Crippen molar-refractivity contribution in [2.24, 2.45) is 0 Å². The van der Waals surface area contributed by atoms with Crippen LogP contribution in [0.1, 0.15) is 64.5 Å². The van der Waals surface area contributed by atoms with E-state index in [1.807, 2.05) is 0 Å². The standard InChI is InChI=1S/C42H58F2N8O6/c1-8-33(50-40(56)23(4)46-6)41(57)51(7)26(14-22(3)53)18-31-29-12-10-24(43)15-35(29)48-38(31)39-32(30-13-11-25(44)16-36(30)49-39)19-27-17-28(54)21-52(27)42(58)34(9-2)47-37(55)20-45-5/h10-13,15-16,22-23,26-28,33-34,45-46,48-49,53-54H,8-9,14,17-21H2,1-7H3,(H,47,55)(H,50,56). The van der Waals surface area contributed by atoms with Gasteiger partial charge in [-0.1, -0.05) is 13.8 Å². The van der Waals surface area contributed by atoms with Crippen LogP contribution < -0.4 is 21.3 Å². The Kier molecular flexibility index (Phi) is 14.7. The molecule has 16 heteroatoms. The van der Waals surface area contributed by atoms with Crippen LogP contribution in [0, 0.1) is 11.6 Å². The van der Waals surface area contributed by atoms with E-state index in [-0.39, 0.29) is 62.4 Å². The molecule has 7 unspecified atom stereocenters. The number of benzene rings is 2. The molecule has 2 aromatic heterocycles. The Hall–Kier alpha value is -4.90. The minimum absolute atomic E-state index is 0.0373. The number of nitrogens with zero attached hydrogens (tertiary/aromatic N) is 2. The number of halogens is 2. The van der Waals surface area contributed by atoms with Gasteiger partial charge < -0.3 is 51.2 Å². The molecule has 0 saturated carbocycles. The molecule has 4 aromatic rings. The fraction of sp³-hybridized carbons (Fsp3) is 0.524. The third kappa shape index (κ3) is 9.85. The second-order valence-corrected chi connectivity index (χ2v) is 15.5. The summed E-state index contributed by atoms with van der Waals surface area (Å²) in [5.74, 6) is -2.26. The zero-order valence-electron chi connectivity index (χ0n) is 34.3. The number of aliphatic hydroxyl groups is 2. The van der Waals surface area contributed by atoms with E-state index in [1.54, 1.807) is 70.8 Å². The van der Waals surface area contributed by atoms with Crippen LogP contribution in [0.3, 0.4) is 0 Å². The molecule has 5 rings (SSSR count). The van der Waals surface area contributed by atoms with Gasteiger partial charge in [-0.25, -0.2) is 8.78 Å². The van der Waals surface area contributed by atoms with Gasteiger partial charge in [0.05, 0.1) is 36.2 Å². The number of fused-ring (bicyclic) bond motifs is 2. The number of aromatic amines is 2. The molecule has 58 heavy (non-hydrogen) atoms. The zero-order chi connectivity index (χ0) is 42.4. The second-order valence-electron chi connectivity index (χ2n) is 15.5. The van der Waals surface area contributed by atoms with Crippen molar-refractivity contribution in [3.8, 4) is 11.4 Å². The van der Waals surface area contributed by atoms with Gasteiger partial charge in [-0.15, -0.1) is 0 Å². The smallest absolute Gasteiger partial charge is 0.245 e. The lowest BCUT2D eigenvalue weighted by Crippen LogP contribution is -2.53. The highest BCUT2D eigenvalue weighted by Crippen LogP contribution is 2.39. The maximum Gasteiger partial charge on any atom is 0.245 e. The Morgan fingerprint density at radius 2 is 1.50 bits per heavy atom. The van der Waals surface area contributed by atoms with Gasteiger partial charge in [0.15, 0.2) is 0 Å². The number of nitrogens with one attached hydrogen (secondary N) is 6. The van der Waals surface area contributed by atoms with Crippen LogP contribution in [0.4, 0.5) is 8.78 Å². The van der Waals surface area contributed by atoms with Crippen molar-refractivity contribution in [2.45, 2.75) is 109 Å². The van der Waals surface area contributed by atoms with Crippen molar-refractivity contribution in [1.82, 2.24) is 41.0 Å². The summed E-state index contributed by atoms with van der Waals surface area (Å²) < 4.78 is 29.6. The van der Waals surface area contributed by atoms with Gasteiger partial charge in [0.1, 0.15) is 23.7 Å². The molecule has 0 spiro atoms. The predicted molar refractivity (Wildman–Crippen MR) is 219 cm³/mol. The highest BCUT2D eigenvalue weighted by atomic mass is 19.1. The lowest BCUT2D eigenvalue weighted by Gasteiger charge is -2.33. The minimum atomic E-state index is -0.826. The van der Waals surface area contributed by atoms with Crippen LogP contribution in [-0.4, -0.2) is 130 Å². The largest absolute Gasteiger partial charge is 0.393 e. The molecule has 2 aromatic carbocycles. The van der Waals surface area contributed by atoms with Gasteiger partial charge in [0.25, 0.3) is 0 Å². The molecule has 1 aliphatic rings. The highest BCUT2D eigenvalue weighted by Gasteiger charge is 2.39. The highest BCUT2D eigenvalue weighted by molar-refractivity contribution is 5.97. The number of aromatic nitrogens is 2. The summed E-state index contributed by atoms with van der Waals surface area (Å²) in [6, 6.07) is 5.50. The molecular formula is C42H58F2N8O6. The third-order valence-corrected chi connectivity index (χ3v) is 11.3. The monoisotopic (exact) mass is 808 g/mol. The number of likely N-dealkylation sites (N-methyl/N-ethyl adjacent to an activating group) is 3. The van der Waals surface area contributed by atoms with E-state index >= 15 is 0 Å². The van der Waals surface area contributed by atoms with Crippen molar-refractivity contribution in [3.05, 3.63) is 59.2 Å². The van der Waals surface area contributed by atoms with Crippen LogP contribution in [-0.2, 0) is 32.0 Å². The van der Waals surface area contributed by atoms with Crippen LogP contribution in [0.2, 0.25) is 0 Å². The van der Waals surface area contributed by atoms with Crippen LogP contribution in [0.5, 0.6) is 0 Å². The summed E-state index contributed by atoms with van der Waals surface area (Å²) in [6.45, 7) is 7.03. The molecule has 8 N–H and O–H groups in total. The zero-order valence-corrected chi connectivity index (χ0v) is 34.3. The first-order valence-electron chi connectivity index (χ1n) is 20.1. The molecule has 0 aliphatic carbocycles. The summed E-state index contributed by atoms with van der Waals surface area (Å²) in [4.78, 5) is 63.2. The second kappa shape index (κ2) is 19.2. The maximum absolute atomic E-state index is 14.8. The fourth-order valence-electron chi connectivity index (χ4n) is 8.04. The van der Waals surface area contributed by atoms with E-state index in [1.165, 1.54) is 24.3 Å². The molecule has 0 bridgehead atoms. The average molecular weight is 809 g/mol.